The summed E-state index contributed by atoms with van der Waals surface area (Å²) in [5, 5.41) is 23.1. The van der Waals surface area contributed by atoms with E-state index in [0.29, 0.717) is 17.9 Å². The van der Waals surface area contributed by atoms with Crippen LogP contribution in [0, 0.1) is 10.7 Å². The van der Waals surface area contributed by atoms with Gasteiger partial charge in [0.15, 0.2) is 0 Å². The number of rotatable bonds is 7. The van der Waals surface area contributed by atoms with E-state index in [4.69, 9.17) is 4.74 Å². The van der Waals surface area contributed by atoms with Gasteiger partial charge in [-0.2, -0.15) is 5.26 Å². The number of thioether (sulfide) groups is 2. The standard InChI is InChI=1S/C26H21NO3S2/c1-31-23-14-20-19(13-24(23)32-16-27)22(30-15-17-8-4-2-5-9-17)12-21(26(28)29)25(20)18-10-6-3-7-11-18/h2,4-6,8-14H,3,7,15H2,1H3,(H,28,29). The summed E-state index contributed by atoms with van der Waals surface area (Å²) in [5.41, 5.74) is 2.80. The molecule has 0 fully saturated rings. The maximum atomic E-state index is 12.3. The Balaban J connectivity index is 1.96. The SMILES string of the molecule is CSc1cc2c(C3=CCCC=C3)c(C(=O)O)cc(OCc3ccccc3)c2cc1SC#N. The van der Waals surface area contributed by atoms with Gasteiger partial charge in [-0.05, 0) is 65.6 Å². The number of nitriles is 1. The van der Waals surface area contributed by atoms with Crippen molar-refractivity contribution in [3.63, 3.8) is 0 Å². The zero-order valence-corrected chi connectivity index (χ0v) is 19.1. The van der Waals surface area contributed by atoms with Crippen molar-refractivity contribution in [3.8, 4) is 11.2 Å². The first-order chi connectivity index (χ1) is 15.6. The number of hydrogen-bond acceptors (Lipinski definition) is 5. The molecule has 0 saturated heterocycles. The summed E-state index contributed by atoms with van der Waals surface area (Å²) in [4.78, 5) is 14.1. The molecule has 3 aromatic rings. The highest BCUT2D eigenvalue weighted by Crippen LogP contribution is 2.42. The summed E-state index contributed by atoms with van der Waals surface area (Å²) in [6.45, 7) is 0.321. The minimum Gasteiger partial charge on any atom is -0.488 e. The Bertz CT molecular complexity index is 1270. The van der Waals surface area contributed by atoms with E-state index >= 15 is 0 Å². The normalized spacial score (nSPS) is 12.9. The smallest absolute Gasteiger partial charge is 0.336 e. The zero-order chi connectivity index (χ0) is 22.5. The van der Waals surface area contributed by atoms with Crippen molar-refractivity contribution in [1.82, 2.24) is 0 Å². The van der Waals surface area contributed by atoms with Crippen molar-refractivity contribution >= 4 is 45.8 Å². The molecule has 6 heteroatoms. The second kappa shape index (κ2) is 9.99. The number of fused-ring (bicyclic) bond motifs is 1. The fourth-order valence-corrected chi connectivity index (χ4v) is 5.12. The third-order valence-corrected chi connectivity index (χ3v) is 6.85. The molecular weight excluding hydrogens is 438 g/mol. The van der Waals surface area contributed by atoms with Crippen molar-refractivity contribution in [3.05, 3.63) is 83.4 Å². The average Bonchev–Trinajstić information content (AvgIpc) is 2.83. The van der Waals surface area contributed by atoms with Gasteiger partial charge in [-0.15, -0.1) is 11.8 Å². The number of nitrogens with zero attached hydrogens (tertiary/aromatic N) is 1. The molecule has 0 saturated carbocycles. The first-order valence-corrected chi connectivity index (χ1v) is 12.2. The van der Waals surface area contributed by atoms with E-state index in [2.05, 4.69) is 17.6 Å². The molecule has 0 heterocycles. The van der Waals surface area contributed by atoms with Gasteiger partial charge in [0.05, 0.1) is 5.56 Å². The predicted molar refractivity (Wildman–Crippen MR) is 131 cm³/mol. The molecule has 4 rings (SSSR count). The molecule has 0 unspecified atom stereocenters. The van der Waals surface area contributed by atoms with Crippen LogP contribution in [0.1, 0.15) is 34.3 Å². The lowest BCUT2D eigenvalue weighted by Crippen LogP contribution is -2.06. The van der Waals surface area contributed by atoms with E-state index in [-0.39, 0.29) is 5.56 Å². The van der Waals surface area contributed by atoms with Crippen molar-refractivity contribution < 1.29 is 14.6 Å². The Hall–Kier alpha value is -3.14. The van der Waals surface area contributed by atoms with Crippen LogP contribution in [0.2, 0.25) is 0 Å². The number of aromatic carboxylic acids is 1. The highest BCUT2D eigenvalue weighted by molar-refractivity contribution is 8.05. The maximum Gasteiger partial charge on any atom is 0.336 e. The lowest BCUT2D eigenvalue weighted by Gasteiger charge is -2.19. The molecular formula is C26H21NO3S2. The molecule has 0 amide bonds. The first-order valence-electron chi connectivity index (χ1n) is 10.1. The van der Waals surface area contributed by atoms with Gasteiger partial charge in [-0.3, -0.25) is 0 Å². The molecule has 0 bridgehead atoms. The molecule has 1 aliphatic carbocycles. The Kier molecular flexibility index (Phi) is 6.89. The van der Waals surface area contributed by atoms with Crippen LogP contribution in [0.25, 0.3) is 16.3 Å². The Morgan fingerprint density at radius 2 is 1.91 bits per heavy atom. The first kappa shape index (κ1) is 22.1. The van der Waals surface area contributed by atoms with Crippen LogP contribution in [-0.2, 0) is 6.61 Å². The monoisotopic (exact) mass is 459 g/mol. The number of allylic oxidation sites excluding steroid dienone is 4. The minimum absolute atomic E-state index is 0.214. The zero-order valence-electron chi connectivity index (χ0n) is 17.5. The summed E-state index contributed by atoms with van der Waals surface area (Å²) >= 11 is 2.64. The number of benzene rings is 3. The number of thiocyanates is 1. The topological polar surface area (TPSA) is 70.3 Å². The quantitative estimate of drug-likeness (QED) is 0.299. The van der Waals surface area contributed by atoms with E-state index < -0.39 is 5.97 Å². The van der Waals surface area contributed by atoms with Crippen molar-refractivity contribution in [2.75, 3.05) is 6.26 Å². The van der Waals surface area contributed by atoms with Crippen molar-refractivity contribution in [2.24, 2.45) is 0 Å². The molecule has 0 aliphatic heterocycles. The fourth-order valence-electron chi connectivity index (χ4n) is 3.82. The third-order valence-electron chi connectivity index (χ3n) is 5.29. The number of carbonyl (C=O) groups is 1. The summed E-state index contributed by atoms with van der Waals surface area (Å²) in [6.07, 6.45) is 9.92. The van der Waals surface area contributed by atoms with Crippen molar-refractivity contribution in [1.29, 1.82) is 5.26 Å². The van der Waals surface area contributed by atoms with E-state index in [1.54, 1.807) is 6.07 Å². The summed E-state index contributed by atoms with van der Waals surface area (Å²) < 4.78 is 6.15. The van der Waals surface area contributed by atoms with Gasteiger partial charge in [0, 0.05) is 20.7 Å². The lowest BCUT2D eigenvalue weighted by molar-refractivity contribution is 0.0696. The van der Waals surface area contributed by atoms with Gasteiger partial charge in [0.1, 0.15) is 17.8 Å². The van der Waals surface area contributed by atoms with Gasteiger partial charge >= 0.3 is 5.97 Å². The second-order valence-corrected chi connectivity index (χ2v) is 8.93. The van der Waals surface area contributed by atoms with Crippen LogP contribution in [-0.4, -0.2) is 17.3 Å². The molecule has 160 valence electrons. The number of hydrogen-bond donors (Lipinski definition) is 1. The van der Waals surface area contributed by atoms with Crippen LogP contribution in [0.4, 0.5) is 0 Å². The van der Waals surface area contributed by atoms with E-state index in [0.717, 1.165) is 56.3 Å². The van der Waals surface area contributed by atoms with Crippen LogP contribution in [0.3, 0.4) is 0 Å². The molecule has 0 aromatic heterocycles. The van der Waals surface area contributed by atoms with Crippen molar-refractivity contribution in [2.45, 2.75) is 29.2 Å². The Labute approximate surface area is 195 Å². The van der Waals surface area contributed by atoms with Crippen LogP contribution >= 0.6 is 23.5 Å². The molecule has 32 heavy (non-hydrogen) atoms. The highest BCUT2D eigenvalue weighted by Gasteiger charge is 2.22. The summed E-state index contributed by atoms with van der Waals surface area (Å²) in [5.74, 6) is -0.495. The molecule has 0 atom stereocenters. The van der Waals surface area contributed by atoms with Crippen LogP contribution in [0.5, 0.6) is 5.75 Å². The van der Waals surface area contributed by atoms with E-state index in [1.807, 2.05) is 54.8 Å². The number of ether oxygens (including phenoxy) is 1. The molecule has 0 spiro atoms. The molecule has 1 aliphatic rings. The Morgan fingerprint density at radius 3 is 2.56 bits per heavy atom. The summed E-state index contributed by atoms with van der Waals surface area (Å²) in [7, 11) is 0. The minimum atomic E-state index is -0.993. The highest BCUT2D eigenvalue weighted by atomic mass is 32.2. The lowest BCUT2D eigenvalue weighted by atomic mass is 9.90. The van der Waals surface area contributed by atoms with Gasteiger partial charge in [0.2, 0.25) is 0 Å². The predicted octanol–water partition coefficient (Wildman–Crippen LogP) is 7.15. The maximum absolute atomic E-state index is 12.3. The van der Waals surface area contributed by atoms with E-state index in [9.17, 15) is 15.2 Å². The van der Waals surface area contributed by atoms with Gasteiger partial charge < -0.3 is 9.84 Å². The molecule has 1 N–H and O–H groups in total. The largest absolute Gasteiger partial charge is 0.488 e. The van der Waals surface area contributed by atoms with Gasteiger partial charge in [0.25, 0.3) is 0 Å². The second-order valence-electron chi connectivity index (χ2n) is 7.26. The van der Waals surface area contributed by atoms with E-state index in [1.165, 1.54) is 11.8 Å². The van der Waals surface area contributed by atoms with Crippen LogP contribution in [0.15, 0.2) is 76.5 Å². The summed E-state index contributed by atoms with van der Waals surface area (Å²) in [6, 6.07) is 15.3. The Morgan fingerprint density at radius 1 is 1.12 bits per heavy atom. The average molecular weight is 460 g/mol. The molecule has 4 nitrogen and oxygen atoms in total. The third kappa shape index (κ3) is 4.55. The molecule has 3 aromatic carbocycles. The van der Waals surface area contributed by atoms with Gasteiger partial charge in [-0.1, -0.05) is 48.6 Å². The molecule has 0 radical (unpaired) electrons. The van der Waals surface area contributed by atoms with Crippen LogP contribution < -0.4 is 4.74 Å². The number of carboxylic acids is 1. The fraction of sp³-hybridized carbons (Fsp3) is 0.154. The number of carboxylic acid groups (broad SMARTS) is 1. The van der Waals surface area contributed by atoms with Gasteiger partial charge in [-0.25, -0.2) is 4.79 Å².